The Morgan fingerprint density at radius 3 is 2.85 bits per heavy atom. The van der Waals surface area contributed by atoms with Crippen molar-refractivity contribution < 1.29 is 28.3 Å². The van der Waals surface area contributed by atoms with E-state index >= 15 is 0 Å². The topological polar surface area (TPSA) is 135 Å². The minimum atomic E-state index is -0.996. The van der Waals surface area contributed by atoms with E-state index < -0.39 is 22.8 Å². The molecule has 0 spiro atoms. The van der Waals surface area contributed by atoms with Gasteiger partial charge in [-0.05, 0) is 43.7 Å². The van der Waals surface area contributed by atoms with Crippen LogP contribution in [0.3, 0.4) is 0 Å². The van der Waals surface area contributed by atoms with E-state index in [1.807, 2.05) is 0 Å². The Balaban J connectivity index is 1.67. The molecule has 2 aromatic heterocycles. The molecule has 12 heteroatoms. The lowest BCUT2D eigenvalue weighted by molar-refractivity contribution is -0.402. The first-order valence-electron chi connectivity index (χ1n) is 10.2. The summed E-state index contributed by atoms with van der Waals surface area (Å²) in [5, 5.41) is 11.1. The van der Waals surface area contributed by atoms with Crippen LogP contribution in [0.5, 0.6) is 11.5 Å². The van der Waals surface area contributed by atoms with Crippen molar-refractivity contribution in [2.75, 3.05) is 13.4 Å². The van der Waals surface area contributed by atoms with E-state index in [0.717, 1.165) is 16.9 Å². The van der Waals surface area contributed by atoms with Gasteiger partial charge >= 0.3 is 11.9 Å². The van der Waals surface area contributed by atoms with Crippen molar-refractivity contribution in [2.45, 2.75) is 19.9 Å². The third-order valence-corrected chi connectivity index (χ3v) is 6.28. The van der Waals surface area contributed by atoms with Gasteiger partial charge in [0.2, 0.25) is 6.79 Å². The first-order chi connectivity index (χ1) is 16.4. The summed E-state index contributed by atoms with van der Waals surface area (Å²) in [6, 6.07) is 6.90. The molecule has 34 heavy (non-hydrogen) atoms. The predicted molar refractivity (Wildman–Crippen MR) is 119 cm³/mol. The molecule has 0 amide bonds. The molecule has 2 aliphatic heterocycles. The predicted octanol–water partition coefficient (Wildman–Crippen LogP) is 2.14. The fraction of sp³-hybridized carbons (Fsp3) is 0.227. The normalized spacial score (nSPS) is 16.9. The molecule has 0 fully saturated rings. The number of hydrogen-bond donors (Lipinski definition) is 0. The molecule has 1 aromatic carbocycles. The number of rotatable bonds is 5. The Kier molecular flexibility index (Phi) is 5.28. The van der Waals surface area contributed by atoms with Crippen LogP contribution in [0.1, 0.15) is 31.2 Å². The summed E-state index contributed by atoms with van der Waals surface area (Å²) >= 11 is 1.13. The number of esters is 1. The number of fused-ring (bicyclic) bond motifs is 2. The molecule has 4 heterocycles. The van der Waals surface area contributed by atoms with Crippen LogP contribution in [-0.2, 0) is 9.53 Å². The molecule has 2 aliphatic rings. The van der Waals surface area contributed by atoms with Gasteiger partial charge in [0.05, 0.1) is 22.8 Å². The van der Waals surface area contributed by atoms with Gasteiger partial charge in [0.15, 0.2) is 16.3 Å². The van der Waals surface area contributed by atoms with Crippen LogP contribution in [0, 0.1) is 10.1 Å². The van der Waals surface area contributed by atoms with Gasteiger partial charge in [0.25, 0.3) is 5.56 Å². The average molecular weight is 483 g/mol. The smallest absolute Gasteiger partial charge is 0.433 e. The van der Waals surface area contributed by atoms with Gasteiger partial charge in [0.1, 0.15) is 16.7 Å². The standard InChI is InChI=1S/C22H17N3O8S/c1-3-30-21(27)18-11(2)24-20(26)16(9-12-4-5-13-15(8-12)32-10-31-13)34-22(24)23-19(18)14-6-7-17(33-14)25(28)29/h4-9,19H,3,10H2,1-2H3/b16-9-/t19-/m1/s1. The van der Waals surface area contributed by atoms with Crippen molar-refractivity contribution in [2.24, 2.45) is 4.99 Å². The SMILES string of the molecule is CCOC(=O)C1=C(C)n2c(s/c(=C\c3ccc4c(c3)OCO4)c2=O)=N[C@@H]1c1ccc([N+](=O)[O-])o1. The van der Waals surface area contributed by atoms with Crippen molar-refractivity contribution in [3.8, 4) is 11.5 Å². The molecule has 0 N–H and O–H groups in total. The molecule has 0 unspecified atom stereocenters. The second kappa shape index (κ2) is 8.30. The number of nitro groups is 1. The van der Waals surface area contributed by atoms with Gasteiger partial charge in [-0.2, -0.15) is 0 Å². The molecular formula is C22H17N3O8S. The molecule has 0 saturated carbocycles. The maximum atomic E-state index is 13.3. The van der Waals surface area contributed by atoms with Crippen molar-refractivity contribution >= 4 is 35.0 Å². The Hall–Kier alpha value is -4.19. The lowest BCUT2D eigenvalue weighted by atomic mass is 10.0. The lowest BCUT2D eigenvalue weighted by Crippen LogP contribution is -2.35. The molecule has 0 aliphatic carbocycles. The summed E-state index contributed by atoms with van der Waals surface area (Å²) in [7, 11) is 0. The van der Waals surface area contributed by atoms with Crippen LogP contribution in [0.2, 0.25) is 0 Å². The highest BCUT2D eigenvalue weighted by Crippen LogP contribution is 2.35. The van der Waals surface area contributed by atoms with E-state index in [9.17, 15) is 19.7 Å². The van der Waals surface area contributed by atoms with Gasteiger partial charge in [-0.15, -0.1) is 0 Å². The summed E-state index contributed by atoms with van der Waals surface area (Å²) in [6.07, 6.45) is 1.69. The number of carbonyl (C=O) groups is 1. The molecule has 174 valence electrons. The van der Waals surface area contributed by atoms with Gasteiger partial charge in [-0.3, -0.25) is 19.5 Å². The molecule has 3 aromatic rings. The number of allylic oxidation sites excluding steroid dienone is 1. The number of thiazole rings is 1. The number of nitrogens with zero attached hydrogens (tertiary/aromatic N) is 3. The molecule has 0 bridgehead atoms. The van der Waals surface area contributed by atoms with Crippen LogP contribution in [0.25, 0.3) is 11.8 Å². The van der Waals surface area contributed by atoms with Crippen molar-refractivity contribution in [3.63, 3.8) is 0 Å². The molecule has 5 rings (SSSR count). The van der Waals surface area contributed by atoms with Crippen molar-refractivity contribution in [1.29, 1.82) is 0 Å². The first kappa shape index (κ1) is 21.6. The van der Waals surface area contributed by atoms with Crippen LogP contribution in [0.4, 0.5) is 5.88 Å². The largest absolute Gasteiger partial charge is 0.463 e. The third-order valence-electron chi connectivity index (χ3n) is 5.30. The van der Waals surface area contributed by atoms with Gasteiger partial charge in [0, 0.05) is 5.70 Å². The first-order valence-corrected chi connectivity index (χ1v) is 11.0. The minimum absolute atomic E-state index is 0.0770. The summed E-state index contributed by atoms with van der Waals surface area (Å²) in [5.74, 6) is 0.153. The zero-order chi connectivity index (χ0) is 24.0. The van der Waals surface area contributed by atoms with Crippen LogP contribution >= 0.6 is 11.3 Å². The highest BCUT2D eigenvalue weighted by atomic mass is 32.1. The van der Waals surface area contributed by atoms with Gasteiger partial charge < -0.3 is 18.6 Å². The maximum absolute atomic E-state index is 13.3. The van der Waals surface area contributed by atoms with Crippen LogP contribution in [-0.4, -0.2) is 28.9 Å². The van der Waals surface area contributed by atoms with Crippen LogP contribution in [0.15, 0.2) is 50.1 Å². The fourth-order valence-corrected chi connectivity index (χ4v) is 4.80. The zero-order valence-electron chi connectivity index (χ0n) is 18.0. The Labute approximate surface area is 195 Å². The van der Waals surface area contributed by atoms with Crippen molar-refractivity contribution in [1.82, 2.24) is 4.57 Å². The quantitative estimate of drug-likeness (QED) is 0.306. The summed E-state index contributed by atoms with van der Waals surface area (Å²) in [6.45, 7) is 3.50. The lowest BCUT2D eigenvalue weighted by Gasteiger charge is -2.20. The fourth-order valence-electron chi connectivity index (χ4n) is 3.76. The number of carbonyl (C=O) groups excluding carboxylic acids is 1. The van der Waals surface area contributed by atoms with E-state index in [1.165, 1.54) is 16.7 Å². The molecule has 1 atom stereocenters. The molecular weight excluding hydrogens is 466 g/mol. The Morgan fingerprint density at radius 2 is 2.12 bits per heavy atom. The number of furan rings is 1. The third kappa shape index (κ3) is 3.57. The highest BCUT2D eigenvalue weighted by Gasteiger charge is 2.34. The highest BCUT2D eigenvalue weighted by molar-refractivity contribution is 7.07. The van der Waals surface area contributed by atoms with E-state index in [4.69, 9.17) is 18.6 Å². The number of benzene rings is 1. The zero-order valence-corrected chi connectivity index (χ0v) is 18.8. The monoisotopic (exact) mass is 483 g/mol. The number of ether oxygens (including phenoxy) is 3. The minimum Gasteiger partial charge on any atom is -0.463 e. The average Bonchev–Trinajstić information content (AvgIpc) is 3.53. The second-order valence-corrected chi connectivity index (χ2v) is 8.34. The molecule has 0 saturated heterocycles. The molecule has 11 nitrogen and oxygen atoms in total. The second-order valence-electron chi connectivity index (χ2n) is 7.33. The summed E-state index contributed by atoms with van der Waals surface area (Å²) in [4.78, 5) is 41.3. The molecule has 0 radical (unpaired) electrons. The number of aromatic nitrogens is 1. The summed E-state index contributed by atoms with van der Waals surface area (Å²) < 4.78 is 22.9. The maximum Gasteiger partial charge on any atom is 0.433 e. The van der Waals surface area contributed by atoms with Gasteiger partial charge in [-0.1, -0.05) is 17.4 Å². The van der Waals surface area contributed by atoms with Crippen LogP contribution < -0.4 is 24.4 Å². The Morgan fingerprint density at radius 1 is 1.32 bits per heavy atom. The summed E-state index contributed by atoms with van der Waals surface area (Å²) in [5.41, 5.74) is 0.766. The van der Waals surface area contributed by atoms with E-state index in [1.54, 1.807) is 38.1 Å². The number of hydrogen-bond acceptors (Lipinski definition) is 10. The van der Waals surface area contributed by atoms with E-state index in [2.05, 4.69) is 4.99 Å². The Bertz CT molecular complexity index is 1540. The van der Waals surface area contributed by atoms with E-state index in [-0.39, 0.29) is 30.3 Å². The van der Waals surface area contributed by atoms with Crippen molar-refractivity contribution in [3.05, 3.63) is 77.0 Å². The van der Waals surface area contributed by atoms with Gasteiger partial charge in [-0.25, -0.2) is 9.79 Å². The van der Waals surface area contributed by atoms with E-state index in [0.29, 0.717) is 26.5 Å².